The number of aromatic nitrogens is 1. The minimum absolute atomic E-state index is 0.360. The summed E-state index contributed by atoms with van der Waals surface area (Å²) >= 11 is 1.26. The number of hydrogen-bond donors (Lipinski definition) is 1. The lowest BCUT2D eigenvalue weighted by Crippen LogP contribution is -2.49. The molecule has 1 saturated heterocycles. The van der Waals surface area contributed by atoms with Crippen molar-refractivity contribution in [2.75, 3.05) is 32.3 Å². The van der Waals surface area contributed by atoms with Crippen LogP contribution in [0.2, 0.25) is 0 Å². The van der Waals surface area contributed by atoms with Gasteiger partial charge >= 0.3 is 0 Å². The van der Waals surface area contributed by atoms with Crippen molar-refractivity contribution in [2.24, 2.45) is 0 Å². The van der Waals surface area contributed by atoms with Crippen LogP contribution in [0, 0.1) is 0 Å². The summed E-state index contributed by atoms with van der Waals surface area (Å²) in [7, 11) is -0.336. The summed E-state index contributed by atoms with van der Waals surface area (Å²) in [4.78, 5) is 17.1. The summed E-state index contributed by atoms with van der Waals surface area (Å²) in [5.41, 5.74) is 0.593. The van der Waals surface area contributed by atoms with Crippen molar-refractivity contribution in [3.05, 3.63) is 12.1 Å². The summed E-state index contributed by atoms with van der Waals surface area (Å²) in [5, 5.41) is 3.14. The van der Waals surface area contributed by atoms with E-state index >= 15 is 0 Å². The molecular formula is C16H21N3O5S2. The number of methoxy groups -OCH3 is 2. The first-order chi connectivity index (χ1) is 12.3. The quantitative estimate of drug-likeness (QED) is 0.827. The maximum absolute atomic E-state index is 12.7. The molecule has 1 aromatic heterocycles. The molecule has 10 heteroatoms. The Morgan fingerprint density at radius 2 is 1.96 bits per heavy atom. The van der Waals surface area contributed by atoms with Crippen molar-refractivity contribution in [1.82, 2.24) is 9.29 Å². The number of carbonyl (C=O) groups excluding carboxylic acids is 1. The molecule has 26 heavy (non-hydrogen) atoms. The van der Waals surface area contributed by atoms with E-state index in [1.165, 1.54) is 15.6 Å². The highest BCUT2D eigenvalue weighted by molar-refractivity contribution is 7.88. The van der Waals surface area contributed by atoms with E-state index in [4.69, 9.17) is 9.47 Å². The van der Waals surface area contributed by atoms with Crippen LogP contribution in [0.15, 0.2) is 12.1 Å². The topological polar surface area (TPSA) is 97.8 Å². The number of anilines is 1. The second kappa shape index (κ2) is 7.37. The van der Waals surface area contributed by atoms with Crippen molar-refractivity contribution >= 4 is 42.6 Å². The van der Waals surface area contributed by atoms with E-state index in [0.717, 1.165) is 23.8 Å². The van der Waals surface area contributed by atoms with Gasteiger partial charge in [0.25, 0.3) is 0 Å². The van der Waals surface area contributed by atoms with Crippen LogP contribution in [-0.2, 0) is 14.8 Å². The van der Waals surface area contributed by atoms with Crippen LogP contribution in [0.1, 0.15) is 19.3 Å². The summed E-state index contributed by atoms with van der Waals surface area (Å²) in [5.74, 6) is 0.842. The molecule has 1 aromatic carbocycles. The van der Waals surface area contributed by atoms with Crippen molar-refractivity contribution in [3.63, 3.8) is 0 Å². The lowest BCUT2D eigenvalue weighted by molar-refractivity contribution is -0.120. The molecule has 1 amide bonds. The Bertz CT molecular complexity index is 884. The average Bonchev–Trinajstić information content (AvgIpc) is 3.03. The highest BCUT2D eigenvalue weighted by Gasteiger charge is 2.34. The second-order valence-electron chi connectivity index (χ2n) is 6.04. The van der Waals surface area contributed by atoms with Gasteiger partial charge < -0.3 is 14.8 Å². The van der Waals surface area contributed by atoms with Gasteiger partial charge in [0.2, 0.25) is 15.9 Å². The Hall–Kier alpha value is -1.91. The van der Waals surface area contributed by atoms with Gasteiger partial charge in [-0.3, -0.25) is 4.79 Å². The zero-order valence-electron chi connectivity index (χ0n) is 14.8. The average molecular weight is 399 g/mol. The number of benzene rings is 1. The third-order valence-electron chi connectivity index (χ3n) is 4.32. The first-order valence-corrected chi connectivity index (χ1v) is 10.8. The molecule has 3 rings (SSSR count). The number of fused-ring (bicyclic) bond motifs is 1. The molecule has 142 valence electrons. The molecule has 0 unspecified atom stereocenters. The van der Waals surface area contributed by atoms with E-state index in [1.54, 1.807) is 26.4 Å². The molecule has 0 saturated carbocycles. The van der Waals surface area contributed by atoms with Gasteiger partial charge in [-0.1, -0.05) is 17.8 Å². The van der Waals surface area contributed by atoms with Crippen molar-refractivity contribution in [3.8, 4) is 11.5 Å². The number of nitrogens with zero attached hydrogens (tertiary/aromatic N) is 2. The van der Waals surface area contributed by atoms with E-state index in [9.17, 15) is 13.2 Å². The molecule has 0 radical (unpaired) electrons. The number of sulfonamides is 1. The van der Waals surface area contributed by atoms with Gasteiger partial charge in [0.15, 0.2) is 5.13 Å². The summed E-state index contributed by atoms with van der Waals surface area (Å²) in [6.07, 6.45) is 3.19. The van der Waals surface area contributed by atoms with Crippen LogP contribution >= 0.6 is 11.3 Å². The second-order valence-corrected chi connectivity index (χ2v) is 8.98. The number of rotatable bonds is 5. The SMILES string of the molecule is COc1ccc(OC)c2sc(NC(=O)[C@H]3CCCCN3S(C)(=O)=O)nc12. The molecule has 8 nitrogen and oxygen atoms in total. The standard InChI is InChI=1S/C16H21N3O5S2/c1-23-11-7-8-12(24-2)14-13(11)17-16(25-14)18-15(20)10-6-4-5-9-19(10)26(3,21)22/h7-8,10H,4-6,9H2,1-3H3,(H,17,18,20)/t10-/m1/s1. The molecule has 1 aliphatic rings. The lowest BCUT2D eigenvalue weighted by atomic mass is 10.0. The zero-order valence-corrected chi connectivity index (χ0v) is 16.4. The molecule has 0 bridgehead atoms. The van der Waals surface area contributed by atoms with Gasteiger partial charge in [-0.2, -0.15) is 4.31 Å². The number of piperidine rings is 1. The Labute approximate surface area is 156 Å². The molecular weight excluding hydrogens is 378 g/mol. The monoisotopic (exact) mass is 399 g/mol. The van der Waals surface area contributed by atoms with Gasteiger partial charge in [0.05, 0.1) is 20.5 Å². The molecule has 0 aliphatic carbocycles. The molecule has 1 N–H and O–H groups in total. The third-order valence-corrected chi connectivity index (χ3v) is 6.60. The Morgan fingerprint density at radius 3 is 2.62 bits per heavy atom. The van der Waals surface area contributed by atoms with E-state index in [0.29, 0.717) is 35.1 Å². The first kappa shape index (κ1) is 18.9. The van der Waals surface area contributed by atoms with Gasteiger partial charge in [0, 0.05) is 6.54 Å². The van der Waals surface area contributed by atoms with Crippen LogP contribution in [0.3, 0.4) is 0 Å². The Balaban J connectivity index is 1.89. The minimum atomic E-state index is -3.44. The Morgan fingerprint density at radius 1 is 1.27 bits per heavy atom. The maximum Gasteiger partial charge on any atom is 0.244 e. The van der Waals surface area contributed by atoms with E-state index < -0.39 is 16.1 Å². The smallest absolute Gasteiger partial charge is 0.244 e. The van der Waals surface area contributed by atoms with Crippen LogP contribution in [-0.4, -0.2) is 56.7 Å². The van der Waals surface area contributed by atoms with E-state index in [2.05, 4.69) is 10.3 Å². The predicted molar refractivity (Wildman–Crippen MR) is 101 cm³/mol. The van der Waals surface area contributed by atoms with Crippen molar-refractivity contribution < 1.29 is 22.7 Å². The number of hydrogen-bond acceptors (Lipinski definition) is 7. The fraction of sp³-hybridized carbons (Fsp3) is 0.500. The molecule has 1 aliphatic heterocycles. The van der Waals surface area contributed by atoms with Crippen molar-refractivity contribution in [2.45, 2.75) is 25.3 Å². The molecule has 0 spiro atoms. The van der Waals surface area contributed by atoms with Crippen LogP contribution in [0.4, 0.5) is 5.13 Å². The van der Waals surface area contributed by atoms with Gasteiger partial charge in [0.1, 0.15) is 27.8 Å². The number of carbonyl (C=O) groups is 1. The van der Waals surface area contributed by atoms with E-state index in [-0.39, 0.29) is 5.91 Å². The fourth-order valence-corrected chi connectivity index (χ4v) is 5.19. The minimum Gasteiger partial charge on any atom is -0.495 e. The maximum atomic E-state index is 12.7. The lowest BCUT2D eigenvalue weighted by Gasteiger charge is -2.32. The highest BCUT2D eigenvalue weighted by Crippen LogP contribution is 2.39. The summed E-state index contributed by atoms with van der Waals surface area (Å²) in [6, 6.07) is 2.81. The normalized spacial score (nSPS) is 18.7. The highest BCUT2D eigenvalue weighted by atomic mass is 32.2. The van der Waals surface area contributed by atoms with Crippen LogP contribution in [0.5, 0.6) is 11.5 Å². The van der Waals surface area contributed by atoms with Gasteiger partial charge in [-0.15, -0.1) is 0 Å². The van der Waals surface area contributed by atoms with Crippen molar-refractivity contribution in [1.29, 1.82) is 0 Å². The van der Waals surface area contributed by atoms with Crippen LogP contribution in [0.25, 0.3) is 10.2 Å². The van der Waals surface area contributed by atoms with E-state index in [1.807, 2.05) is 0 Å². The fourth-order valence-electron chi connectivity index (χ4n) is 3.09. The number of nitrogens with one attached hydrogen (secondary N) is 1. The Kier molecular flexibility index (Phi) is 5.35. The number of ether oxygens (including phenoxy) is 2. The van der Waals surface area contributed by atoms with Gasteiger partial charge in [-0.05, 0) is 25.0 Å². The number of amides is 1. The molecule has 1 atom stereocenters. The molecule has 2 aromatic rings. The van der Waals surface area contributed by atoms with Crippen LogP contribution < -0.4 is 14.8 Å². The van der Waals surface area contributed by atoms with Gasteiger partial charge in [-0.25, -0.2) is 13.4 Å². The zero-order chi connectivity index (χ0) is 18.9. The summed E-state index contributed by atoms with van der Waals surface area (Å²) < 4.78 is 36.6. The molecule has 2 heterocycles. The predicted octanol–water partition coefficient (Wildman–Crippen LogP) is 2.07. The number of thiazole rings is 1. The third kappa shape index (κ3) is 3.62. The summed E-state index contributed by atoms with van der Waals surface area (Å²) in [6.45, 7) is 0.360. The first-order valence-electron chi connectivity index (χ1n) is 8.14. The largest absolute Gasteiger partial charge is 0.495 e. The molecule has 1 fully saturated rings.